The van der Waals surface area contributed by atoms with Gasteiger partial charge >= 0.3 is 0 Å². The third-order valence-electron chi connectivity index (χ3n) is 4.74. The van der Waals surface area contributed by atoms with Crippen molar-refractivity contribution in [3.05, 3.63) is 23.8 Å². The number of thioether (sulfide) groups is 1. The fraction of sp³-hybridized carbons (Fsp3) is 0.600. The molecular formula is C20H30N4O5S. The van der Waals surface area contributed by atoms with Crippen LogP contribution in [0.15, 0.2) is 23.4 Å². The summed E-state index contributed by atoms with van der Waals surface area (Å²) >= 11 is 1.49. The van der Waals surface area contributed by atoms with Gasteiger partial charge in [-0.25, -0.2) is 0 Å². The maximum absolute atomic E-state index is 10.3. The molecule has 0 saturated carbocycles. The Morgan fingerprint density at radius 3 is 2.63 bits per heavy atom. The van der Waals surface area contributed by atoms with Crippen LogP contribution in [0.5, 0.6) is 11.5 Å². The van der Waals surface area contributed by atoms with Crippen LogP contribution in [0.2, 0.25) is 0 Å². The second kappa shape index (κ2) is 11.4. The van der Waals surface area contributed by atoms with Gasteiger partial charge in [-0.2, -0.15) is 0 Å². The van der Waals surface area contributed by atoms with Crippen LogP contribution in [0.4, 0.5) is 5.95 Å². The van der Waals surface area contributed by atoms with Crippen LogP contribution < -0.4 is 14.4 Å². The van der Waals surface area contributed by atoms with Crippen molar-refractivity contribution in [3.63, 3.8) is 0 Å². The second-order valence-electron chi connectivity index (χ2n) is 6.80. The normalized spacial score (nSPS) is 15.3. The Balaban J connectivity index is 1.47. The molecule has 0 amide bonds. The summed E-state index contributed by atoms with van der Waals surface area (Å²) in [5.74, 6) is 2.68. The average Bonchev–Trinajstić information content (AvgIpc) is 3.21. The fourth-order valence-corrected chi connectivity index (χ4v) is 4.07. The Morgan fingerprint density at radius 2 is 1.93 bits per heavy atom. The zero-order chi connectivity index (χ0) is 21.3. The minimum absolute atomic E-state index is 0.234. The number of rotatable bonds is 11. The first kappa shape index (κ1) is 22.7. The molecule has 0 spiro atoms. The lowest BCUT2D eigenvalue weighted by Gasteiger charge is -2.27. The molecule has 1 atom stereocenters. The highest BCUT2D eigenvalue weighted by Gasteiger charge is 2.20. The number of aliphatic hydroxyl groups excluding tert-OH is 1. The Hall–Kier alpha value is -2.01. The number of morpholine rings is 1. The van der Waals surface area contributed by atoms with E-state index in [-0.39, 0.29) is 6.61 Å². The molecule has 30 heavy (non-hydrogen) atoms. The van der Waals surface area contributed by atoms with Gasteiger partial charge in [0.25, 0.3) is 0 Å². The van der Waals surface area contributed by atoms with Crippen LogP contribution in [0.3, 0.4) is 0 Å². The largest absolute Gasteiger partial charge is 0.493 e. The first-order valence-electron chi connectivity index (χ1n) is 10.0. The topological polar surface area (TPSA) is 91.1 Å². The van der Waals surface area contributed by atoms with E-state index in [1.165, 1.54) is 11.8 Å². The van der Waals surface area contributed by atoms with Gasteiger partial charge in [0.2, 0.25) is 5.95 Å². The minimum Gasteiger partial charge on any atom is -0.493 e. The monoisotopic (exact) mass is 438 g/mol. The molecule has 166 valence electrons. The Kier molecular flexibility index (Phi) is 8.61. The summed E-state index contributed by atoms with van der Waals surface area (Å²) in [6, 6.07) is 5.63. The number of anilines is 1. The predicted molar refractivity (Wildman–Crippen MR) is 115 cm³/mol. The van der Waals surface area contributed by atoms with Crippen molar-refractivity contribution in [1.29, 1.82) is 0 Å². The van der Waals surface area contributed by atoms with Gasteiger partial charge in [0.15, 0.2) is 16.7 Å². The van der Waals surface area contributed by atoms with Crippen LogP contribution in [-0.2, 0) is 22.6 Å². The summed E-state index contributed by atoms with van der Waals surface area (Å²) in [5.41, 5.74) is 0.952. The molecule has 1 fully saturated rings. The van der Waals surface area contributed by atoms with E-state index in [1.54, 1.807) is 14.2 Å². The maximum atomic E-state index is 10.3. The van der Waals surface area contributed by atoms with E-state index in [0.717, 1.165) is 36.3 Å². The fourth-order valence-electron chi connectivity index (χ4n) is 3.16. The minimum atomic E-state index is -0.607. The van der Waals surface area contributed by atoms with E-state index in [1.807, 2.05) is 18.2 Å². The van der Waals surface area contributed by atoms with Gasteiger partial charge in [-0.1, -0.05) is 17.8 Å². The highest BCUT2D eigenvalue weighted by molar-refractivity contribution is 7.99. The van der Waals surface area contributed by atoms with E-state index in [0.29, 0.717) is 37.1 Å². The van der Waals surface area contributed by atoms with Gasteiger partial charge in [-0.15, -0.1) is 10.2 Å². The second-order valence-corrected chi connectivity index (χ2v) is 7.78. The lowest BCUT2D eigenvalue weighted by molar-refractivity contribution is 0.0397. The highest BCUT2D eigenvalue weighted by atomic mass is 32.2. The average molecular weight is 439 g/mol. The summed E-state index contributed by atoms with van der Waals surface area (Å²) in [4.78, 5) is 2.19. The maximum Gasteiger partial charge on any atom is 0.228 e. The SMILES string of the molecule is CCn1c(SCC(O)COCc2ccc(OC)c(OC)c2)nnc1N1CCOCC1. The molecule has 10 heteroatoms. The molecule has 0 bridgehead atoms. The van der Waals surface area contributed by atoms with E-state index >= 15 is 0 Å². The molecule has 0 aliphatic carbocycles. The summed E-state index contributed by atoms with van der Waals surface area (Å²) in [6.45, 7) is 6.50. The molecule has 1 aromatic carbocycles. The molecule has 1 aromatic heterocycles. The van der Waals surface area contributed by atoms with Crippen LogP contribution in [0.25, 0.3) is 0 Å². The molecule has 2 heterocycles. The van der Waals surface area contributed by atoms with Crippen molar-refractivity contribution in [1.82, 2.24) is 14.8 Å². The van der Waals surface area contributed by atoms with Crippen molar-refractivity contribution >= 4 is 17.7 Å². The molecule has 0 radical (unpaired) electrons. The highest BCUT2D eigenvalue weighted by Crippen LogP contribution is 2.28. The number of nitrogens with zero attached hydrogens (tertiary/aromatic N) is 4. The standard InChI is InChI=1S/C20H30N4O5S/c1-4-24-19(23-7-9-28-10-8-23)21-22-20(24)30-14-16(25)13-29-12-15-5-6-17(26-2)18(11-15)27-3/h5-6,11,16,25H,4,7-10,12-14H2,1-3H3. The lowest BCUT2D eigenvalue weighted by atomic mass is 10.2. The lowest BCUT2D eigenvalue weighted by Crippen LogP contribution is -2.38. The molecule has 1 N–H and O–H groups in total. The number of hydrogen-bond donors (Lipinski definition) is 1. The summed E-state index contributed by atoms with van der Waals surface area (Å²) in [7, 11) is 3.20. The van der Waals surface area contributed by atoms with Crippen molar-refractivity contribution in [3.8, 4) is 11.5 Å². The molecule has 2 aromatic rings. The van der Waals surface area contributed by atoms with Crippen LogP contribution in [0, 0.1) is 0 Å². The molecule has 1 aliphatic rings. The summed E-state index contributed by atoms with van der Waals surface area (Å²) in [6.07, 6.45) is -0.607. The van der Waals surface area contributed by atoms with Gasteiger partial charge in [0.1, 0.15) is 0 Å². The van der Waals surface area contributed by atoms with Gasteiger partial charge in [0.05, 0.1) is 46.8 Å². The number of methoxy groups -OCH3 is 2. The Bertz CT molecular complexity index is 797. The predicted octanol–water partition coefficient (Wildman–Crippen LogP) is 1.82. The van der Waals surface area contributed by atoms with Crippen molar-refractivity contribution < 1.29 is 24.1 Å². The Morgan fingerprint density at radius 1 is 1.17 bits per heavy atom. The van der Waals surface area contributed by atoms with Gasteiger partial charge in [-0.05, 0) is 24.6 Å². The molecule has 9 nitrogen and oxygen atoms in total. The van der Waals surface area contributed by atoms with Gasteiger partial charge in [-0.3, -0.25) is 4.57 Å². The number of aromatic nitrogens is 3. The molecule has 1 aliphatic heterocycles. The number of ether oxygens (including phenoxy) is 4. The van der Waals surface area contributed by atoms with E-state index in [9.17, 15) is 5.11 Å². The van der Waals surface area contributed by atoms with Crippen LogP contribution in [0.1, 0.15) is 12.5 Å². The zero-order valence-electron chi connectivity index (χ0n) is 17.7. The quantitative estimate of drug-likeness (QED) is 0.528. The smallest absolute Gasteiger partial charge is 0.228 e. The van der Waals surface area contributed by atoms with Gasteiger partial charge in [0, 0.05) is 25.4 Å². The molecule has 1 unspecified atom stereocenters. The van der Waals surface area contributed by atoms with Crippen molar-refractivity contribution in [2.24, 2.45) is 0 Å². The summed E-state index contributed by atoms with van der Waals surface area (Å²) in [5, 5.41) is 19.8. The van der Waals surface area contributed by atoms with Crippen LogP contribution >= 0.6 is 11.8 Å². The Labute approximate surface area is 181 Å². The van der Waals surface area contributed by atoms with Crippen molar-refractivity contribution in [2.75, 3.05) is 57.8 Å². The number of hydrogen-bond acceptors (Lipinski definition) is 9. The number of aliphatic hydroxyl groups is 1. The van der Waals surface area contributed by atoms with Crippen molar-refractivity contribution in [2.45, 2.75) is 31.3 Å². The number of benzene rings is 1. The first-order chi connectivity index (χ1) is 14.7. The summed E-state index contributed by atoms with van der Waals surface area (Å²) < 4.78 is 23.7. The zero-order valence-corrected chi connectivity index (χ0v) is 18.6. The molecule has 1 saturated heterocycles. The third-order valence-corrected chi connectivity index (χ3v) is 5.85. The van der Waals surface area contributed by atoms with E-state index < -0.39 is 6.10 Å². The first-order valence-corrected chi connectivity index (χ1v) is 11.0. The third kappa shape index (κ3) is 5.78. The van der Waals surface area contributed by atoms with E-state index in [4.69, 9.17) is 18.9 Å². The van der Waals surface area contributed by atoms with Gasteiger partial charge < -0.3 is 29.0 Å². The molecule has 3 rings (SSSR count). The molecular weight excluding hydrogens is 408 g/mol. The van der Waals surface area contributed by atoms with E-state index in [2.05, 4.69) is 26.6 Å². The van der Waals surface area contributed by atoms with Crippen LogP contribution in [-0.4, -0.2) is 78.9 Å².